The first-order valence-electron chi connectivity index (χ1n) is 9.70. The smallest absolute Gasteiger partial charge is 0.226 e. The van der Waals surface area contributed by atoms with E-state index < -0.39 is 0 Å². The van der Waals surface area contributed by atoms with Gasteiger partial charge in [-0.2, -0.15) is 0 Å². The van der Waals surface area contributed by atoms with Crippen LogP contribution in [0, 0.1) is 12.8 Å². The van der Waals surface area contributed by atoms with Crippen LogP contribution in [0.4, 0.5) is 0 Å². The van der Waals surface area contributed by atoms with Crippen molar-refractivity contribution >= 4 is 11.8 Å². The van der Waals surface area contributed by atoms with E-state index in [0.717, 1.165) is 24.0 Å². The third kappa shape index (κ3) is 4.44. The lowest BCUT2D eigenvalue weighted by Crippen LogP contribution is -2.51. The zero-order chi connectivity index (χ0) is 18.7. The maximum atomic E-state index is 12.8. The minimum atomic E-state index is 0.0370. The maximum absolute atomic E-state index is 12.8. The largest absolute Gasteiger partial charge is 0.372 e. The number of morpholine rings is 1. The van der Waals surface area contributed by atoms with E-state index in [1.807, 2.05) is 54.8 Å². The number of hydrogen-bond donors (Lipinski definition) is 0. The number of likely N-dealkylation sites (tertiary alicyclic amines) is 1. The molecule has 1 aromatic carbocycles. The molecule has 5 nitrogen and oxygen atoms in total. The Labute approximate surface area is 156 Å². The molecule has 5 heteroatoms. The van der Waals surface area contributed by atoms with Crippen molar-refractivity contribution in [1.29, 1.82) is 0 Å². The van der Waals surface area contributed by atoms with Gasteiger partial charge in [0.15, 0.2) is 0 Å². The molecule has 0 aromatic heterocycles. The second-order valence-corrected chi connectivity index (χ2v) is 7.76. The minimum absolute atomic E-state index is 0.0370. The summed E-state index contributed by atoms with van der Waals surface area (Å²) in [5, 5.41) is 0. The molecule has 2 atom stereocenters. The summed E-state index contributed by atoms with van der Waals surface area (Å²) in [4.78, 5) is 29.3. The van der Waals surface area contributed by atoms with Crippen LogP contribution in [-0.4, -0.2) is 60.0 Å². The van der Waals surface area contributed by atoms with Crippen LogP contribution in [0.5, 0.6) is 0 Å². The molecule has 2 aliphatic rings. The molecule has 0 unspecified atom stereocenters. The summed E-state index contributed by atoms with van der Waals surface area (Å²) in [5.41, 5.74) is 2.24. The highest BCUT2D eigenvalue weighted by atomic mass is 16.5. The number of nitrogens with zero attached hydrogens (tertiary/aromatic N) is 2. The van der Waals surface area contributed by atoms with Crippen molar-refractivity contribution in [3.63, 3.8) is 0 Å². The number of piperidine rings is 1. The van der Waals surface area contributed by atoms with Gasteiger partial charge in [0.05, 0.1) is 18.6 Å². The molecule has 3 rings (SSSR count). The summed E-state index contributed by atoms with van der Waals surface area (Å²) in [7, 11) is 0. The Balaban J connectivity index is 1.51. The first-order chi connectivity index (χ1) is 12.4. The van der Waals surface area contributed by atoms with Crippen LogP contribution >= 0.6 is 0 Å². The van der Waals surface area contributed by atoms with Crippen molar-refractivity contribution in [3.8, 4) is 0 Å². The highest BCUT2D eigenvalue weighted by Gasteiger charge is 2.33. The molecule has 0 radical (unpaired) electrons. The molecule has 0 aliphatic carbocycles. The molecule has 2 amide bonds. The first kappa shape index (κ1) is 18.9. The molecular weight excluding hydrogens is 328 g/mol. The summed E-state index contributed by atoms with van der Waals surface area (Å²) in [6, 6.07) is 8.03. The Kier molecular flexibility index (Phi) is 5.97. The fourth-order valence-corrected chi connectivity index (χ4v) is 4.08. The normalized spacial score (nSPS) is 24.6. The van der Waals surface area contributed by atoms with E-state index in [0.29, 0.717) is 32.6 Å². The molecule has 1 aromatic rings. The lowest BCUT2D eigenvalue weighted by atomic mass is 9.94. The second-order valence-electron chi connectivity index (χ2n) is 7.76. The van der Waals surface area contributed by atoms with Gasteiger partial charge in [-0.1, -0.05) is 24.3 Å². The monoisotopic (exact) mass is 358 g/mol. The third-order valence-corrected chi connectivity index (χ3v) is 5.53. The first-order valence-corrected chi connectivity index (χ1v) is 9.70. The molecule has 2 heterocycles. The highest BCUT2D eigenvalue weighted by molar-refractivity contribution is 5.81. The number of amides is 2. The summed E-state index contributed by atoms with van der Waals surface area (Å²) in [5.74, 6) is 0.437. The van der Waals surface area contributed by atoms with E-state index in [2.05, 4.69) is 0 Å². The highest BCUT2D eigenvalue weighted by Crippen LogP contribution is 2.23. The number of carbonyl (C=O) groups excluding carboxylic acids is 2. The van der Waals surface area contributed by atoms with E-state index in [1.54, 1.807) is 0 Å². The number of hydrogen-bond acceptors (Lipinski definition) is 3. The van der Waals surface area contributed by atoms with Gasteiger partial charge in [-0.05, 0) is 44.7 Å². The van der Waals surface area contributed by atoms with Crippen molar-refractivity contribution in [1.82, 2.24) is 9.80 Å². The Morgan fingerprint density at radius 3 is 2.27 bits per heavy atom. The van der Waals surface area contributed by atoms with Gasteiger partial charge in [0.25, 0.3) is 0 Å². The predicted molar refractivity (Wildman–Crippen MR) is 101 cm³/mol. The Morgan fingerprint density at radius 2 is 1.65 bits per heavy atom. The lowest BCUT2D eigenvalue weighted by Gasteiger charge is -2.39. The molecule has 142 valence electrons. The summed E-state index contributed by atoms with van der Waals surface area (Å²) < 4.78 is 5.72. The molecule has 26 heavy (non-hydrogen) atoms. The number of benzene rings is 1. The number of ether oxygens (including phenoxy) is 1. The Hall–Kier alpha value is -1.88. The van der Waals surface area contributed by atoms with E-state index >= 15 is 0 Å². The van der Waals surface area contributed by atoms with Crippen LogP contribution in [0.15, 0.2) is 24.3 Å². The maximum Gasteiger partial charge on any atom is 0.226 e. The van der Waals surface area contributed by atoms with Crippen LogP contribution in [0.2, 0.25) is 0 Å². The van der Waals surface area contributed by atoms with Gasteiger partial charge in [-0.25, -0.2) is 0 Å². The van der Waals surface area contributed by atoms with Crippen molar-refractivity contribution in [3.05, 3.63) is 35.4 Å². The van der Waals surface area contributed by atoms with Crippen LogP contribution < -0.4 is 0 Å². The van der Waals surface area contributed by atoms with E-state index in [9.17, 15) is 9.59 Å². The van der Waals surface area contributed by atoms with E-state index in [4.69, 9.17) is 4.74 Å². The van der Waals surface area contributed by atoms with Crippen molar-refractivity contribution in [2.24, 2.45) is 5.92 Å². The molecule has 0 spiro atoms. The average Bonchev–Trinajstić information content (AvgIpc) is 2.62. The van der Waals surface area contributed by atoms with Crippen LogP contribution in [0.1, 0.15) is 37.8 Å². The van der Waals surface area contributed by atoms with Gasteiger partial charge in [0, 0.05) is 32.1 Å². The fourth-order valence-electron chi connectivity index (χ4n) is 4.08. The lowest BCUT2D eigenvalue weighted by molar-refractivity contribution is -0.150. The summed E-state index contributed by atoms with van der Waals surface area (Å²) in [6.45, 7) is 8.78. The zero-order valence-corrected chi connectivity index (χ0v) is 16.1. The van der Waals surface area contributed by atoms with Gasteiger partial charge in [-0.15, -0.1) is 0 Å². The van der Waals surface area contributed by atoms with Crippen molar-refractivity contribution < 1.29 is 14.3 Å². The zero-order valence-electron chi connectivity index (χ0n) is 16.1. The van der Waals surface area contributed by atoms with Gasteiger partial charge in [0.2, 0.25) is 11.8 Å². The van der Waals surface area contributed by atoms with Crippen LogP contribution in [0.25, 0.3) is 0 Å². The Bertz CT molecular complexity index is 642. The summed E-state index contributed by atoms with van der Waals surface area (Å²) >= 11 is 0. The minimum Gasteiger partial charge on any atom is -0.372 e. The Morgan fingerprint density at radius 1 is 1.04 bits per heavy atom. The van der Waals surface area contributed by atoms with Gasteiger partial charge < -0.3 is 14.5 Å². The van der Waals surface area contributed by atoms with Gasteiger partial charge in [-0.3, -0.25) is 9.59 Å². The second kappa shape index (κ2) is 8.21. The van der Waals surface area contributed by atoms with Gasteiger partial charge in [0.1, 0.15) is 0 Å². The predicted octanol–water partition coefficient (Wildman–Crippen LogP) is 2.41. The van der Waals surface area contributed by atoms with E-state index in [1.165, 1.54) is 0 Å². The fraction of sp³-hybridized carbons (Fsp3) is 0.619. The molecule has 0 bridgehead atoms. The number of aryl methyl sites for hydroxylation is 1. The topological polar surface area (TPSA) is 49.9 Å². The van der Waals surface area contributed by atoms with E-state index in [-0.39, 0.29) is 29.9 Å². The van der Waals surface area contributed by atoms with Gasteiger partial charge >= 0.3 is 0 Å². The summed E-state index contributed by atoms with van der Waals surface area (Å²) in [6.07, 6.45) is 2.16. The van der Waals surface area contributed by atoms with Crippen molar-refractivity contribution in [2.75, 3.05) is 26.2 Å². The van der Waals surface area contributed by atoms with Crippen LogP contribution in [-0.2, 0) is 20.7 Å². The number of rotatable bonds is 3. The molecule has 2 fully saturated rings. The molecule has 0 N–H and O–H groups in total. The number of carbonyl (C=O) groups is 2. The quantitative estimate of drug-likeness (QED) is 0.834. The van der Waals surface area contributed by atoms with Crippen molar-refractivity contribution in [2.45, 2.75) is 52.2 Å². The third-order valence-electron chi connectivity index (χ3n) is 5.53. The average molecular weight is 358 g/mol. The molecular formula is C21H30N2O3. The molecule has 2 aliphatic heterocycles. The van der Waals surface area contributed by atoms with Crippen LogP contribution in [0.3, 0.4) is 0 Å². The standard InChI is InChI=1S/C21H30N2O3/c1-15-6-4-5-7-19(15)12-20(24)22-10-8-18(9-11-22)21(25)23-13-16(2)26-17(3)14-23/h4-7,16-18H,8-14H2,1-3H3/t16-,17+. The molecule has 2 saturated heterocycles. The SMILES string of the molecule is Cc1ccccc1CC(=O)N1CCC(C(=O)N2C[C@@H](C)O[C@@H](C)C2)CC1. The molecule has 0 saturated carbocycles.